The van der Waals surface area contributed by atoms with Crippen LogP contribution in [0.3, 0.4) is 0 Å². The molecule has 0 saturated heterocycles. The molecule has 0 spiro atoms. The molecule has 3 nitrogen and oxygen atoms in total. The maximum atomic E-state index is 11.8. The highest BCUT2D eigenvalue weighted by molar-refractivity contribution is 7.89. The summed E-state index contributed by atoms with van der Waals surface area (Å²) < 4.78 is 46.6. The Morgan fingerprint density at radius 3 is 2.21 bits per heavy atom. The third-order valence-electron chi connectivity index (χ3n) is 1.47. The van der Waals surface area contributed by atoms with E-state index in [2.05, 4.69) is 0 Å². The van der Waals surface area contributed by atoms with Crippen LogP contribution in [0.1, 0.15) is 20.3 Å². The van der Waals surface area contributed by atoms with Gasteiger partial charge < -0.3 is 0 Å². The Morgan fingerprint density at radius 1 is 1.36 bits per heavy atom. The molecule has 0 saturated carbocycles. The minimum atomic E-state index is -4.50. The van der Waals surface area contributed by atoms with Crippen LogP contribution >= 0.6 is 11.6 Å². The minimum absolute atomic E-state index is 0.160. The Hall–Kier alpha value is 0.0600. The summed E-state index contributed by atoms with van der Waals surface area (Å²) >= 11 is 5.71. The number of hydrogen-bond donors (Lipinski definition) is 1. The zero-order valence-electron chi connectivity index (χ0n) is 8.00. The summed E-state index contributed by atoms with van der Waals surface area (Å²) in [6.45, 7) is 3.67. The summed E-state index contributed by atoms with van der Waals surface area (Å²) in [5, 5.41) is -0.455. The van der Waals surface area contributed by atoms with Crippen molar-refractivity contribution in [2.75, 3.05) is 6.54 Å². The van der Waals surface area contributed by atoms with Crippen LogP contribution in [-0.2, 0) is 10.0 Å². The monoisotopic (exact) mass is 249 g/mol. The highest BCUT2D eigenvalue weighted by atomic mass is 35.5. The van der Waals surface area contributed by atoms with E-state index in [9.17, 15) is 17.2 Å². The zero-order valence-corrected chi connectivity index (χ0v) is 9.58. The molecule has 0 aliphatic rings. The van der Waals surface area contributed by atoms with E-state index in [1.165, 1.54) is 0 Å². The summed E-state index contributed by atoms with van der Waals surface area (Å²) in [4.78, 5) is 0. The molecule has 0 heterocycles. The maximum absolute atomic E-state index is 11.8. The Morgan fingerprint density at radius 2 is 1.86 bits per heavy atom. The third-order valence-corrected chi connectivity index (χ3v) is 2.84. The summed E-state index contributed by atoms with van der Waals surface area (Å²) in [5.74, 6) is -3.10. The molecule has 0 bridgehead atoms. The van der Waals surface area contributed by atoms with Crippen molar-refractivity contribution in [3.63, 3.8) is 0 Å². The van der Waals surface area contributed by atoms with E-state index in [1.54, 1.807) is 4.72 Å². The van der Waals surface area contributed by atoms with Gasteiger partial charge >= 0.3 is 5.76 Å². The van der Waals surface area contributed by atoms with Gasteiger partial charge in [-0.25, -0.2) is 13.1 Å². The van der Waals surface area contributed by atoms with Gasteiger partial charge in [0.2, 0.25) is 0 Å². The molecular formula is C7H14ClF2NO2S. The van der Waals surface area contributed by atoms with Crippen LogP contribution in [0.2, 0.25) is 0 Å². The van der Waals surface area contributed by atoms with Crippen molar-refractivity contribution >= 4 is 21.6 Å². The van der Waals surface area contributed by atoms with Crippen molar-refractivity contribution in [2.45, 2.75) is 31.4 Å². The molecule has 86 valence electrons. The highest BCUT2D eigenvalue weighted by Crippen LogP contribution is 2.10. The van der Waals surface area contributed by atoms with E-state index >= 15 is 0 Å². The van der Waals surface area contributed by atoms with E-state index < -0.39 is 21.2 Å². The Kier molecular flexibility index (Phi) is 5.85. The lowest BCUT2D eigenvalue weighted by Gasteiger charge is -2.12. The lowest BCUT2D eigenvalue weighted by molar-refractivity contribution is 0.232. The standard InChI is InChI=1S/C7H14ClF2NO2S/c1-5(2)3-6(8)4-11-14(12,13)7(9)10/h5-7,11H,3-4H2,1-2H3. The lowest BCUT2D eigenvalue weighted by Crippen LogP contribution is -2.34. The molecule has 1 atom stereocenters. The first-order chi connectivity index (χ1) is 6.25. The van der Waals surface area contributed by atoms with Gasteiger partial charge in [-0.15, -0.1) is 11.6 Å². The van der Waals surface area contributed by atoms with Gasteiger partial charge in [0.15, 0.2) is 0 Å². The quantitative estimate of drug-likeness (QED) is 0.730. The Balaban J connectivity index is 3.95. The molecule has 0 aromatic heterocycles. The maximum Gasteiger partial charge on any atom is 0.350 e. The van der Waals surface area contributed by atoms with Crippen molar-refractivity contribution in [2.24, 2.45) is 5.92 Å². The number of halogens is 3. The molecule has 1 unspecified atom stereocenters. The van der Waals surface area contributed by atoms with Crippen LogP contribution in [0.4, 0.5) is 8.78 Å². The van der Waals surface area contributed by atoms with Gasteiger partial charge in [-0.1, -0.05) is 13.8 Å². The molecule has 0 aliphatic carbocycles. The fourth-order valence-corrected chi connectivity index (χ4v) is 1.95. The largest absolute Gasteiger partial charge is 0.350 e. The summed E-state index contributed by atoms with van der Waals surface area (Å²) in [5.41, 5.74) is 0. The van der Waals surface area contributed by atoms with Gasteiger partial charge in [-0.05, 0) is 12.3 Å². The van der Waals surface area contributed by atoms with E-state index in [0.29, 0.717) is 12.3 Å². The van der Waals surface area contributed by atoms with Gasteiger partial charge in [-0.3, -0.25) is 0 Å². The van der Waals surface area contributed by atoms with Crippen molar-refractivity contribution in [1.29, 1.82) is 0 Å². The van der Waals surface area contributed by atoms with Crippen LogP contribution in [-0.4, -0.2) is 26.1 Å². The predicted molar refractivity (Wildman–Crippen MR) is 52.0 cm³/mol. The molecule has 0 rings (SSSR count). The SMILES string of the molecule is CC(C)CC(Cl)CNS(=O)(=O)C(F)F. The molecule has 1 N–H and O–H groups in total. The fourth-order valence-electron chi connectivity index (χ4n) is 0.864. The molecule has 14 heavy (non-hydrogen) atoms. The summed E-state index contributed by atoms with van der Waals surface area (Å²) in [6, 6.07) is 0. The highest BCUT2D eigenvalue weighted by Gasteiger charge is 2.24. The van der Waals surface area contributed by atoms with E-state index in [-0.39, 0.29) is 6.54 Å². The van der Waals surface area contributed by atoms with E-state index in [4.69, 9.17) is 11.6 Å². The first kappa shape index (κ1) is 14.1. The van der Waals surface area contributed by atoms with Crippen LogP contribution in [0.5, 0.6) is 0 Å². The fraction of sp³-hybridized carbons (Fsp3) is 1.00. The van der Waals surface area contributed by atoms with Crippen LogP contribution in [0, 0.1) is 5.92 Å². The lowest BCUT2D eigenvalue weighted by atomic mass is 10.1. The first-order valence-corrected chi connectivity index (χ1v) is 6.14. The molecule has 0 radical (unpaired) electrons. The number of alkyl halides is 3. The number of sulfonamides is 1. The molecule has 0 fully saturated rings. The van der Waals surface area contributed by atoms with Crippen LogP contribution in [0.25, 0.3) is 0 Å². The summed E-state index contributed by atoms with van der Waals surface area (Å²) in [7, 11) is -4.50. The van der Waals surface area contributed by atoms with Crippen molar-refractivity contribution in [3.05, 3.63) is 0 Å². The van der Waals surface area contributed by atoms with Gasteiger partial charge in [0.25, 0.3) is 10.0 Å². The van der Waals surface area contributed by atoms with Crippen LogP contribution in [0.15, 0.2) is 0 Å². The number of rotatable bonds is 6. The zero-order chi connectivity index (χ0) is 11.4. The van der Waals surface area contributed by atoms with Crippen molar-refractivity contribution in [3.8, 4) is 0 Å². The minimum Gasteiger partial charge on any atom is -0.209 e. The molecule has 0 aliphatic heterocycles. The third kappa shape index (κ3) is 5.72. The second-order valence-corrected chi connectivity index (χ2v) is 5.73. The Bertz CT molecular complexity index is 256. The predicted octanol–water partition coefficient (Wildman–Crippen LogP) is 1.78. The van der Waals surface area contributed by atoms with Gasteiger partial charge in [0, 0.05) is 11.9 Å². The second kappa shape index (κ2) is 5.82. The molecule has 0 aromatic rings. The van der Waals surface area contributed by atoms with E-state index in [1.807, 2.05) is 13.8 Å². The van der Waals surface area contributed by atoms with Crippen molar-refractivity contribution in [1.82, 2.24) is 4.72 Å². The summed E-state index contributed by atoms with van der Waals surface area (Å²) in [6.07, 6.45) is 0.577. The first-order valence-electron chi connectivity index (χ1n) is 4.16. The van der Waals surface area contributed by atoms with Gasteiger partial charge in [0.1, 0.15) is 0 Å². The average molecular weight is 250 g/mol. The van der Waals surface area contributed by atoms with Crippen LogP contribution < -0.4 is 4.72 Å². The Labute approximate surface area is 87.9 Å². The average Bonchev–Trinajstić information content (AvgIpc) is 1.99. The second-order valence-electron chi connectivity index (χ2n) is 3.38. The van der Waals surface area contributed by atoms with Gasteiger partial charge in [-0.2, -0.15) is 8.78 Å². The molecular weight excluding hydrogens is 236 g/mol. The van der Waals surface area contributed by atoms with E-state index in [0.717, 1.165) is 0 Å². The molecule has 0 aromatic carbocycles. The van der Waals surface area contributed by atoms with Crippen molar-refractivity contribution < 1.29 is 17.2 Å². The smallest absolute Gasteiger partial charge is 0.209 e. The molecule has 0 amide bonds. The number of nitrogens with one attached hydrogen (secondary N) is 1. The molecule has 7 heteroatoms. The number of hydrogen-bond acceptors (Lipinski definition) is 2. The van der Waals surface area contributed by atoms with Gasteiger partial charge in [0.05, 0.1) is 0 Å². The topological polar surface area (TPSA) is 46.2 Å². The normalized spacial score (nSPS) is 15.1.